The molecule has 1 aliphatic rings. The van der Waals surface area contributed by atoms with Crippen molar-refractivity contribution in [1.29, 1.82) is 0 Å². The minimum atomic E-state index is -0.252. The summed E-state index contributed by atoms with van der Waals surface area (Å²) in [5.74, 6) is 0.424. The number of ketones is 1. The minimum absolute atomic E-state index is 0.0253. The SMILES string of the molecule is CC(=O)Nc1ccc2c(c1)C(=O)CC(c1ccccc1)O2. The van der Waals surface area contributed by atoms with Crippen LogP contribution in [0.5, 0.6) is 5.75 Å². The van der Waals surface area contributed by atoms with Gasteiger partial charge >= 0.3 is 0 Å². The van der Waals surface area contributed by atoms with Gasteiger partial charge in [-0.05, 0) is 23.8 Å². The molecule has 1 amide bonds. The number of nitrogens with one attached hydrogen (secondary N) is 1. The van der Waals surface area contributed by atoms with Gasteiger partial charge in [-0.15, -0.1) is 0 Å². The highest BCUT2D eigenvalue weighted by atomic mass is 16.5. The van der Waals surface area contributed by atoms with Gasteiger partial charge < -0.3 is 10.1 Å². The van der Waals surface area contributed by atoms with Crippen LogP contribution >= 0.6 is 0 Å². The highest BCUT2D eigenvalue weighted by Gasteiger charge is 2.27. The smallest absolute Gasteiger partial charge is 0.221 e. The van der Waals surface area contributed by atoms with Crippen molar-refractivity contribution in [3.8, 4) is 5.75 Å². The van der Waals surface area contributed by atoms with Gasteiger partial charge in [-0.2, -0.15) is 0 Å². The Hall–Kier alpha value is -2.62. The lowest BCUT2D eigenvalue weighted by molar-refractivity contribution is -0.114. The first-order chi connectivity index (χ1) is 10.1. The van der Waals surface area contributed by atoms with E-state index in [0.717, 1.165) is 5.56 Å². The molecule has 1 heterocycles. The van der Waals surface area contributed by atoms with Gasteiger partial charge in [0, 0.05) is 12.6 Å². The average molecular weight is 281 g/mol. The van der Waals surface area contributed by atoms with E-state index in [4.69, 9.17) is 4.74 Å². The number of fused-ring (bicyclic) bond motifs is 1. The summed E-state index contributed by atoms with van der Waals surface area (Å²) in [7, 11) is 0. The fourth-order valence-corrected chi connectivity index (χ4v) is 2.46. The minimum Gasteiger partial charge on any atom is -0.484 e. The van der Waals surface area contributed by atoms with Gasteiger partial charge in [0.2, 0.25) is 5.91 Å². The molecule has 4 heteroatoms. The standard InChI is InChI=1S/C17H15NO3/c1-11(19)18-13-7-8-16-14(9-13)15(20)10-17(21-16)12-5-3-2-4-6-12/h2-9,17H,10H2,1H3,(H,18,19). The molecule has 1 aliphatic heterocycles. The van der Waals surface area contributed by atoms with Crippen LogP contribution in [0.15, 0.2) is 48.5 Å². The monoisotopic (exact) mass is 281 g/mol. The summed E-state index contributed by atoms with van der Waals surface area (Å²) in [6.07, 6.45) is 0.0541. The van der Waals surface area contributed by atoms with Gasteiger partial charge in [-0.3, -0.25) is 9.59 Å². The Morgan fingerprint density at radius 3 is 2.67 bits per heavy atom. The maximum Gasteiger partial charge on any atom is 0.221 e. The fraction of sp³-hybridized carbons (Fsp3) is 0.176. The first-order valence-electron chi connectivity index (χ1n) is 6.80. The number of carbonyl (C=O) groups is 2. The largest absolute Gasteiger partial charge is 0.484 e. The number of Topliss-reactive ketones (excluding diaryl/α,β-unsaturated/α-hetero) is 1. The van der Waals surface area contributed by atoms with Gasteiger partial charge in [0.15, 0.2) is 5.78 Å². The van der Waals surface area contributed by atoms with Gasteiger partial charge in [0.25, 0.3) is 0 Å². The quantitative estimate of drug-likeness (QED) is 0.918. The lowest BCUT2D eigenvalue weighted by atomic mass is 9.96. The molecule has 0 bridgehead atoms. The molecule has 106 valence electrons. The Balaban J connectivity index is 1.90. The summed E-state index contributed by atoms with van der Waals surface area (Å²) in [6, 6.07) is 14.8. The zero-order valence-electron chi connectivity index (χ0n) is 11.6. The second kappa shape index (κ2) is 5.40. The Labute approximate surface area is 122 Å². The van der Waals surface area contributed by atoms with Crippen LogP contribution in [0.25, 0.3) is 0 Å². The molecule has 1 N–H and O–H groups in total. The van der Waals surface area contributed by atoms with E-state index in [2.05, 4.69) is 5.32 Å². The van der Waals surface area contributed by atoms with Gasteiger partial charge in [-0.25, -0.2) is 0 Å². The molecule has 0 aromatic heterocycles. The van der Waals surface area contributed by atoms with Gasteiger partial charge in [0.05, 0.1) is 12.0 Å². The zero-order chi connectivity index (χ0) is 14.8. The summed E-state index contributed by atoms with van der Waals surface area (Å²) in [5.41, 5.74) is 2.12. The molecule has 1 atom stereocenters. The second-order valence-corrected chi connectivity index (χ2v) is 5.04. The summed E-state index contributed by atoms with van der Waals surface area (Å²) in [5, 5.41) is 2.67. The van der Waals surface area contributed by atoms with Crippen LogP contribution in [-0.4, -0.2) is 11.7 Å². The topological polar surface area (TPSA) is 55.4 Å². The van der Waals surface area contributed by atoms with Crippen molar-refractivity contribution in [2.75, 3.05) is 5.32 Å². The molecule has 21 heavy (non-hydrogen) atoms. The van der Waals surface area contributed by atoms with Crippen molar-refractivity contribution < 1.29 is 14.3 Å². The number of benzene rings is 2. The van der Waals surface area contributed by atoms with E-state index in [1.54, 1.807) is 18.2 Å². The lowest BCUT2D eigenvalue weighted by Crippen LogP contribution is -2.20. The van der Waals surface area contributed by atoms with E-state index in [1.165, 1.54) is 6.92 Å². The van der Waals surface area contributed by atoms with Crippen molar-refractivity contribution in [3.05, 3.63) is 59.7 Å². The van der Waals surface area contributed by atoms with Gasteiger partial charge in [-0.1, -0.05) is 30.3 Å². The van der Waals surface area contributed by atoms with Crippen LogP contribution < -0.4 is 10.1 Å². The number of ether oxygens (including phenoxy) is 1. The van der Waals surface area contributed by atoms with E-state index in [-0.39, 0.29) is 17.8 Å². The normalized spacial score (nSPS) is 16.8. The van der Waals surface area contributed by atoms with E-state index in [0.29, 0.717) is 23.4 Å². The van der Waals surface area contributed by atoms with Crippen molar-refractivity contribution in [1.82, 2.24) is 0 Å². The van der Waals surface area contributed by atoms with Crippen molar-refractivity contribution >= 4 is 17.4 Å². The zero-order valence-corrected chi connectivity index (χ0v) is 11.6. The molecule has 0 fully saturated rings. The summed E-state index contributed by atoms with van der Waals surface area (Å²) < 4.78 is 5.91. The molecule has 0 aliphatic carbocycles. The Morgan fingerprint density at radius 1 is 1.19 bits per heavy atom. The van der Waals surface area contributed by atoms with E-state index in [9.17, 15) is 9.59 Å². The third kappa shape index (κ3) is 2.79. The molecule has 2 aromatic rings. The molecule has 4 nitrogen and oxygen atoms in total. The first-order valence-corrected chi connectivity index (χ1v) is 6.80. The third-order valence-corrected chi connectivity index (χ3v) is 3.41. The molecule has 0 saturated carbocycles. The van der Waals surface area contributed by atoms with Crippen LogP contribution in [0.2, 0.25) is 0 Å². The Kier molecular flexibility index (Phi) is 3.44. The molecule has 1 unspecified atom stereocenters. The van der Waals surface area contributed by atoms with E-state index < -0.39 is 0 Å². The lowest BCUT2D eigenvalue weighted by Gasteiger charge is -2.26. The molecule has 0 spiro atoms. The second-order valence-electron chi connectivity index (χ2n) is 5.04. The highest BCUT2D eigenvalue weighted by molar-refractivity contribution is 6.01. The average Bonchev–Trinajstić information content (AvgIpc) is 2.48. The summed E-state index contributed by atoms with van der Waals surface area (Å²) in [4.78, 5) is 23.4. The highest BCUT2D eigenvalue weighted by Crippen LogP contribution is 2.36. The van der Waals surface area contributed by atoms with Crippen LogP contribution in [-0.2, 0) is 4.79 Å². The van der Waals surface area contributed by atoms with Gasteiger partial charge in [0.1, 0.15) is 11.9 Å². The molecule has 3 rings (SSSR count). The summed E-state index contributed by atoms with van der Waals surface area (Å²) >= 11 is 0. The molecule has 2 aromatic carbocycles. The fourth-order valence-electron chi connectivity index (χ4n) is 2.46. The Morgan fingerprint density at radius 2 is 1.95 bits per heavy atom. The maximum absolute atomic E-state index is 12.3. The number of anilines is 1. The van der Waals surface area contributed by atoms with Crippen molar-refractivity contribution in [3.63, 3.8) is 0 Å². The van der Waals surface area contributed by atoms with Crippen LogP contribution in [0.4, 0.5) is 5.69 Å². The van der Waals surface area contributed by atoms with Crippen LogP contribution in [0.1, 0.15) is 35.4 Å². The van der Waals surface area contributed by atoms with Crippen LogP contribution in [0, 0.1) is 0 Å². The van der Waals surface area contributed by atoms with E-state index >= 15 is 0 Å². The molecule has 0 saturated heterocycles. The van der Waals surface area contributed by atoms with E-state index in [1.807, 2.05) is 30.3 Å². The number of rotatable bonds is 2. The molecular formula is C17H15NO3. The number of hydrogen-bond donors (Lipinski definition) is 1. The van der Waals surface area contributed by atoms with Crippen LogP contribution in [0.3, 0.4) is 0 Å². The third-order valence-electron chi connectivity index (χ3n) is 3.41. The predicted molar refractivity (Wildman–Crippen MR) is 79.5 cm³/mol. The Bertz CT molecular complexity index is 694. The summed E-state index contributed by atoms with van der Waals surface area (Å²) in [6.45, 7) is 1.43. The maximum atomic E-state index is 12.3. The first kappa shape index (κ1) is 13.4. The number of carbonyl (C=O) groups excluding carboxylic acids is 2. The number of amides is 1. The number of hydrogen-bond acceptors (Lipinski definition) is 3. The van der Waals surface area contributed by atoms with Crippen molar-refractivity contribution in [2.45, 2.75) is 19.4 Å². The van der Waals surface area contributed by atoms with Crippen molar-refractivity contribution in [2.24, 2.45) is 0 Å². The molecule has 0 radical (unpaired) electrons. The predicted octanol–water partition coefficient (Wildman–Crippen LogP) is 3.35. The molecular weight excluding hydrogens is 266 g/mol.